The molecule has 2 rings (SSSR count). The van der Waals surface area contributed by atoms with Crippen molar-refractivity contribution < 1.29 is 23.8 Å². The second-order valence-corrected chi connectivity index (χ2v) is 4.18. The minimum absolute atomic E-state index is 0.0559. The third-order valence-electron chi connectivity index (χ3n) is 2.05. The highest BCUT2D eigenvalue weighted by atomic mass is 32.1. The van der Waals surface area contributed by atoms with Gasteiger partial charge in [-0.15, -0.1) is 11.3 Å². The van der Waals surface area contributed by atoms with Crippen LogP contribution in [0.2, 0.25) is 0 Å². The molecule has 0 fully saturated rings. The number of thiophene rings is 1. The number of aromatic hydroxyl groups is 1. The van der Waals surface area contributed by atoms with Crippen LogP contribution in [0.5, 0.6) is 5.75 Å². The Morgan fingerprint density at radius 2 is 2.24 bits per heavy atom. The monoisotopic (exact) mass is 252 g/mol. The molecule has 2 heterocycles. The van der Waals surface area contributed by atoms with Crippen molar-refractivity contribution in [1.82, 2.24) is 0 Å². The fourth-order valence-electron chi connectivity index (χ4n) is 1.26. The van der Waals surface area contributed by atoms with Crippen molar-refractivity contribution in [3.63, 3.8) is 0 Å². The second kappa shape index (κ2) is 4.42. The van der Waals surface area contributed by atoms with E-state index in [0.717, 1.165) is 11.3 Å². The van der Waals surface area contributed by atoms with Gasteiger partial charge in [-0.05, 0) is 12.1 Å². The van der Waals surface area contributed by atoms with E-state index in [-0.39, 0.29) is 21.3 Å². The van der Waals surface area contributed by atoms with Gasteiger partial charge in [-0.1, -0.05) is 0 Å². The standard InChI is InChI=1S/C11H8O5S/c1-15-11(14)8-5-6(12)10(17-8)9(13)7-3-2-4-16-7/h2-5,12H,1H3. The summed E-state index contributed by atoms with van der Waals surface area (Å²) < 4.78 is 9.43. The summed E-state index contributed by atoms with van der Waals surface area (Å²) >= 11 is 0.864. The van der Waals surface area contributed by atoms with Gasteiger partial charge in [0.2, 0.25) is 5.78 Å². The molecule has 2 aromatic heterocycles. The van der Waals surface area contributed by atoms with E-state index in [4.69, 9.17) is 4.42 Å². The quantitative estimate of drug-likeness (QED) is 0.668. The molecule has 0 aliphatic carbocycles. The topological polar surface area (TPSA) is 76.7 Å². The number of rotatable bonds is 3. The van der Waals surface area contributed by atoms with Crippen LogP contribution in [-0.2, 0) is 4.74 Å². The highest BCUT2D eigenvalue weighted by Gasteiger charge is 2.22. The van der Waals surface area contributed by atoms with Gasteiger partial charge in [-0.2, -0.15) is 0 Å². The van der Waals surface area contributed by atoms with Crippen LogP contribution in [0.1, 0.15) is 25.1 Å². The maximum atomic E-state index is 11.9. The first-order chi connectivity index (χ1) is 8.13. The zero-order chi connectivity index (χ0) is 12.4. The number of furan rings is 1. The maximum Gasteiger partial charge on any atom is 0.348 e. The lowest BCUT2D eigenvalue weighted by atomic mass is 10.2. The number of methoxy groups -OCH3 is 1. The van der Waals surface area contributed by atoms with Gasteiger partial charge in [0.05, 0.1) is 13.4 Å². The Morgan fingerprint density at radius 1 is 1.47 bits per heavy atom. The van der Waals surface area contributed by atoms with Gasteiger partial charge in [0.25, 0.3) is 0 Å². The summed E-state index contributed by atoms with van der Waals surface area (Å²) in [7, 11) is 1.23. The van der Waals surface area contributed by atoms with Gasteiger partial charge in [-0.3, -0.25) is 4.79 Å². The Kier molecular flexibility index (Phi) is 2.97. The molecule has 0 aromatic carbocycles. The van der Waals surface area contributed by atoms with Crippen LogP contribution in [0.3, 0.4) is 0 Å². The zero-order valence-corrected chi connectivity index (χ0v) is 9.61. The van der Waals surface area contributed by atoms with Crippen molar-refractivity contribution in [2.45, 2.75) is 0 Å². The van der Waals surface area contributed by atoms with Gasteiger partial charge in [0, 0.05) is 6.07 Å². The molecule has 0 saturated heterocycles. The summed E-state index contributed by atoms with van der Waals surface area (Å²) in [5.41, 5.74) is 0. The van der Waals surface area contributed by atoms with Gasteiger partial charge in [0.15, 0.2) is 5.76 Å². The van der Waals surface area contributed by atoms with E-state index < -0.39 is 11.8 Å². The van der Waals surface area contributed by atoms with E-state index in [0.29, 0.717) is 0 Å². The molecule has 0 aliphatic rings. The molecule has 1 N–H and O–H groups in total. The number of ketones is 1. The SMILES string of the molecule is COC(=O)c1cc(O)c(C(=O)c2ccco2)s1. The highest BCUT2D eigenvalue weighted by molar-refractivity contribution is 7.16. The van der Waals surface area contributed by atoms with Gasteiger partial charge >= 0.3 is 5.97 Å². The lowest BCUT2D eigenvalue weighted by Crippen LogP contribution is -1.98. The summed E-state index contributed by atoms with van der Waals surface area (Å²) in [6.45, 7) is 0. The minimum Gasteiger partial charge on any atom is -0.506 e. The molecule has 17 heavy (non-hydrogen) atoms. The predicted octanol–water partition coefficient (Wildman–Crippen LogP) is 2.06. The first kappa shape index (κ1) is 11.4. The second-order valence-electron chi connectivity index (χ2n) is 3.12. The van der Waals surface area contributed by atoms with E-state index >= 15 is 0 Å². The third kappa shape index (κ3) is 2.07. The summed E-state index contributed by atoms with van der Waals surface area (Å²) in [5, 5.41) is 9.59. The van der Waals surface area contributed by atoms with E-state index in [1.54, 1.807) is 6.07 Å². The Labute approximate surface area is 100 Å². The molecule has 88 valence electrons. The number of hydrogen-bond acceptors (Lipinski definition) is 6. The Morgan fingerprint density at radius 3 is 2.82 bits per heavy atom. The minimum atomic E-state index is -0.594. The van der Waals surface area contributed by atoms with Crippen molar-refractivity contribution in [2.24, 2.45) is 0 Å². The van der Waals surface area contributed by atoms with Crippen LogP contribution >= 0.6 is 11.3 Å². The van der Waals surface area contributed by atoms with E-state index in [9.17, 15) is 14.7 Å². The average Bonchev–Trinajstić information content (AvgIpc) is 2.96. The normalized spacial score (nSPS) is 10.2. The smallest absolute Gasteiger partial charge is 0.348 e. The number of carbonyl (C=O) groups is 2. The van der Waals surface area contributed by atoms with Crippen molar-refractivity contribution in [3.8, 4) is 5.75 Å². The summed E-state index contributed by atoms with van der Waals surface area (Å²) in [4.78, 5) is 23.3. The number of carbonyl (C=O) groups excluding carboxylic acids is 2. The summed E-state index contributed by atoms with van der Waals surface area (Å²) in [6.07, 6.45) is 1.36. The molecule has 0 atom stereocenters. The van der Waals surface area contributed by atoms with Crippen molar-refractivity contribution in [3.05, 3.63) is 40.0 Å². The third-order valence-corrected chi connectivity index (χ3v) is 3.15. The fraction of sp³-hybridized carbons (Fsp3) is 0.0909. The number of hydrogen-bond donors (Lipinski definition) is 1. The van der Waals surface area contributed by atoms with Crippen LogP contribution in [0.4, 0.5) is 0 Å². The van der Waals surface area contributed by atoms with Crippen LogP contribution in [0.15, 0.2) is 28.9 Å². The Hall–Kier alpha value is -2.08. The summed E-state index contributed by atoms with van der Waals surface area (Å²) in [6, 6.07) is 4.26. The number of esters is 1. The predicted molar refractivity (Wildman–Crippen MR) is 59.5 cm³/mol. The average molecular weight is 252 g/mol. The molecule has 0 unspecified atom stereocenters. The molecule has 0 radical (unpaired) electrons. The molecular weight excluding hydrogens is 244 g/mol. The molecule has 0 spiro atoms. The lowest BCUT2D eigenvalue weighted by molar-refractivity contribution is 0.0606. The van der Waals surface area contributed by atoms with Crippen molar-refractivity contribution >= 4 is 23.1 Å². The van der Waals surface area contributed by atoms with Crippen LogP contribution in [-0.4, -0.2) is 24.0 Å². The molecule has 5 nitrogen and oxygen atoms in total. The Balaban J connectivity index is 2.37. The first-order valence-electron chi connectivity index (χ1n) is 4.62. The van der Waals surface area contributed by atoms with Gasteiger partial charge < -0.3 is 14.3 Å². The molecular formula is C11H8O5S. The molecule has 0 amide bonds. The Bertz CT molecular complexity index is 552. The molecule has 2 aromatic rings. The van der Waals surface area contributed by atoms with E-state index in [1.807, 2.05) is 0 Å². The molecule has 6 heteroatoms. The van der Waals surface area contributed by atoms with Crippen LogP contribution in [0.25, 0.3) is 0 Å². The molecule has 0 saturated carbocycles. The van der Waals surface area contributed by atoms with Crippen molar-refractivity contribution in [2.75, 3.05) is 7.11 Å². The number of ether oxygens (including phenoxy) is 1. The van der Waals surface area contributed by atoms with Crippen LogP contribution < -0.4 is 0 Å². The van der Waals surface area contributed by atoms with Crippen LogP contribution in [0, 0.1) is 0 Å². The molecule has 0 bridgehead atoms. The van der Waals surface area contributed by atoms with Gasteiger partial charge in [0.1, 0.15) is 15.5 Å². The van der Waals surface area contributed by atoms with Crippen molar-refractivity contribution in [1.29, 1.82) is 0 Å². The fourth-order valence-corrected chi connectivity index (χ4v) is 2.18. The van der Waals surface area contributed by atoms with Gasteiger partial charge in [-0.25, -0.2) is 4.79 Å². The molecule has 0 aliphatic heterocycles. The zero-order valence-electron chi connectivity index (χ0n) is 8.80. The lowest BCUT2D eigenvalue weighted by Gasteiger charge is -1.93. The van der Waals surface area contributed by atoms with E-state index in [1.165, 1.54) is 25.5 Å². The maximum absolute atomic E-state index is 11.9. The largest absolute Gasteiger partial charge is 0.506 e. The first-order valence-corrected chi connectivity index (χ1v) is 5.44. The highest BCUT2D eigenvalue weighted by Crippen LogP contribution is 2.30. The summed E-state index contributed by atoms with van der Waals surface area (Å²) in [5.74, 6) is -1.20. The van der Waals surface area contributed by atoms with E-state index in [2.05, 4.69) is 4.74 Å².